The van der Waals surface area contributed by atoms with Gasteiger partial charge in [-0.2, -0.15) is 13.2 Å². The van der Waals surface area contributed by atoms with E-state index in [4.69, 9.17) is 4.74 Å². The molecular formula is C16H17F4N3OS. The molecule has 1 N–H and O–H groups in total. The summed E-state index contributed by atoms with van der Waals surface area (Å²) in [6.07, 6.45) is -3.21. The summed E-state index contributed by atoms with van der Waals surface area (Å²) in [4.78, 5) is 6.80. The molecule has 2 heterocycles. The number of morpholine rings is 1. The first-order chi connectivity index (χ1) is 11.9. The Morgan fingerprint density at radius 1 is 1.32 bits per heavy atom. The largest absolute Gasteiger partial charge is 0.391 e. The van der Waals surface area contributed by atoms with Crippen molar-refractivity contribution in [2.75, 3.05) is 24.7 Å². The Hall–Kier alpha value is -1.48. The SMILES string of the molecule is Fc1cc2c(c(N3CCOC[C@H]3CC(F)(F)F)c1)N=C(C1CC1)NS2. The minimum absolute atomic E-state index is 0.0324. The number of hydrogen-bond donors (Lipinski definition) is 1. The zero-order valence-corrected chi connectivity index (χ0v) is 14.1. The highest BCUT2D eigenvalue weighted by atomic mass is 32.2. The predicted octanol–water partition coefficient (Wildman–Crippen LogP) is 4.03. The molecule has 1 aromatic rings. The Morgan fingerprint density at radius 2 is 2.12 bits per heavy atom. The molecule has 25 heavy (non-hydrogen) atoms. The number of nitrogens with one attached hydrogen (secondary N) is 1. The van der Waals surface area contributed by atoms with E-state index in [2.05, 4.69) is 9.71 Å². The topological polar surface area (TPSA) is 36.9 Å². The van der Waals surface area contributed by atoms with Crippen LogP contribution in [0.5, 0.6) is 0 Å². The molecule has 136 valence electrons. The van der Waals surface area contributed by atoms with Crippen molar-refractivity contribution in [2.24, 2.45) is 10.9 Å². The van der Waals surface area contributed by atoms with Crippen LogP contribution in [-0.4, -0.2) is 37.8 Å². The van der Waals surface area contributed by atoms with Crippen molar-refractivity contribution in [3.8, 4) is 0 Å². The van der Waals surface area contributed by atoms with Gasteiger partial charge in [0.2, 0.25) is 0 Å². The molecule has 2 aliphatic heterocycles. The van der Waals surface area contributed by atoms with E-state index in [0.717, 1.165) is 18.7 Å². The van der Waals surface area contributed by atoms with Gasteiger partial charge in [-0.1, -0.05) is 0 Å². The van der Waals surface area contributed by atoms with Gasteiger partial charge in [-0.15, -0.1) is 0 Å². The molecule has 0 bridgehead atoms. The second kappa shape index (κ2) is 6.35. The van der Waals surface area contributed by atoms with Crippen LogP contribution in [-0.2, 0) is 4.74 Å². The highest BCUT2D eigenvalue weighted by Gasteiger charge is 2.38. The van der Waals surface area contributed by atoms with E-state index in [9.17, 15) is 17.6 Å². The number of rotatable bonds is 3. The molecule has 0 amide bonds. The Morgan fingerprint density at radius 3 is 2.84 bits per heavy atom. The van der Waals surface area contributed by atoms with E-state index in [0.29, 0.717) is 28.8 Å². The molecule has 3 aliphatic rings. The minimum atomic E-state index is -4.31. The molecule has 1 saturated carbocycles. The van der Waals surface area contributed by atoms with E-state index < -0.39 is 24.5 Å². The summed E-state index contributed by atoms with van der Waals surface area (Å²) in [7, 11) is 0. The molecule has 1 aliphatic carbocycles. The molecule has 0 aromatic heterocycles. The first-order valence-corrected chi connectivity index (χ1v) is 8.98. The van der Waals surface area contributed by atoms with E-state index in [1.807, 2.05) is 0 Å². The minimum Gasteiger partial charge on any atom is -0.377 e. The number of ether oxygens (including phenoxy) is 1. The third-order valence-electron chi connectivity index (χ3n) is 4.49. The van der Waals surface area contributed by atoms with Crippen LogP contribution < -0.4 is 9.62 Å². The molecule has 1 aromatic carbocycles. The zero-order valence-electron chi connectivity index (χ0n) is 13.3. The summed E-state index contributed by atoms with van der Waals surface area (Å²) in [5.74, 6) is 0.713. The first kappa shape index (κ1) is 17.0. The Bertz CT molecular complexity index is 705. The van der Waals surface area contributed by atoms with Gasteiger partial charge in [0.15, 0.2) is 0 Å². The lowest BCUT2D eigenvalue weighted by molar-refractivity contribution is -0.143. The van der Waals surface area contributed by atoms with Gasteiger partial charge in [0.1, 0.15) is 17.3 Å². The van der Waals surface area contributed by atoms with E-state index in [1.165, 1.54) is 24.1 Å². The van der Waals surface area contributed by atoms with Gasteiger partial charge < -0.3 is 14.4 Å². The van der Waals surface area contributed by atoms with Crippen LogP contribution >= 0.6 is 11.9 Å². The van der Waals surface area contributed by atoms with Crippen LogP contribution in [0.3, 0.4) is 0 Å². The number of alkyl halides is 3. The summed E-state index contributed by atoms with van der Waals surface area (Å²) in [5.41, 5.74) is 0.973. The average molecular weight is 375 g/mol. The van der Waals surface area contributed by atoms with Crippen molar-refractivity contribution >= 4 is 29.2 Å². The number of amidine groups is 1. The normalized spacial score (nSPS) is 23.8. The first-order valence-electron chi connectivity index (χ1n) is 8.17. The third kappa shape index (κ3) is 3.72. The van der Waals surface area contributed by atoms with Crippen LogP contribution in [0.25, 0.3) is 0 Å². The van der Waals surface area contributed by atoms with Crippen LogP contribution in [0, 0.1) is 11.7 Å². The highest BCUT2D eigenvalue weighted by molar-refractivity contribution is 7.98. The van der Waals surface area contributed by atoms with Crippen molar-refractivity contribution in [3.63, 3.8) is 0 Å². The van der Waals surface area contributed by atoms with Crippen molar-refractivity contribution < 1.29 is 22.3 Å². The van der Waals surface area contributed by atoms with Gasteiger partial charge in [0, 0.05) is 12.5 Å². The lowest BCUT2D eigenvalue weighted by atomic mass is 10.1. The van der Waals surface area contributed by atoms with Gasteiger partial charge in [0.25, 0.3) is 0 Å². The maximum Gasteiger partial charge on any atom is 0.391 e. The lowest BCUT2D eigenvalue weighted by Gasteiger charge is -2.39. The standard InChI is InChI=1S/C16H17F4N3OS/c17-10-5-12(23-3-4-24-8-11(23)7-16(18,19)20)14-13(6-10)25-22-15(21-14)9-1-2-9/h5-6,9,11H,1-4,7-8H2,(H,21,22)/t11-/m1/s1. The number of halogens is 4. The van der Waals surface area contributed by atoms with E-state index >= 15 is 0 Å². The summed E-state index contributed by atoms with van der Waals surface area (Å²) in [5, 5.41) is 0. The summed E-state index contributed by atoms with van der Waals surface area (Å²) in [6, 6.07) is 1.77. The number of aliphatic imine (C=N–C) groups is 1. The molecule has 0 radical (unpaired) electrons. The predicted molar refractivity (Wildman–Crippen MR) is 87.8 cm³/mol. The number of nitrogens with zero attached hydrogens (tertiary/aromatic N) is 2. The average Bonchev–Trinajstić information content (AvgIpc) is 3.38. The fourth-order valence-electron chi connectivity index (χ4n) is 3.16. The zero-order chi connectivity index (χ0) is 17.6. The van der Waals surface area contributed by atoms with Crippen LogP contribution in [0.15, 0.2) is 22.0 Å². The molecule has 1 atom stereocenters. The second-order valence-electron chi connectivity index (χ2n) is 6.49. The van der Waals surface area contributed by atoms with E-state index in [-0.39, 0.29) is 13.2 Å². The van der Waals surface area contributed by atoms with Gasteiger partial charge in [-0.05, 0) is 36.9 Å². The van der Waals surface area contributed by atoms with Crippen LogP contribution in [0.2, 0.25) is 0 Å². The molecule has 4 nitrogen and oxygen atoms in total. The molecule has 2 fully saturated rings. The van der Waals surface area contributed by atoms with Gasteiger partial charge in [-0.3, -0.25) is 0 Å². The van der Waals surface area contributed by atoms with Crippen LogP contribution in [0.1, 0.15) is 19.3 Å². The van der Waals surface area contributed by atoms with Crippen molar-refractivity contribution in [3.05, 3.63) is 17.9 Å². The molecule has 0 unspecified atom stereocenters. The van der Waals surface area contributed by atoms with Gasteiger partial charge >= 0.3 is 6.18 Å². The third-order valence-corrected chi connectivity index (χ3v) is 5.33. The molecule has 4 rings (SSSR count). The summed E-state index contributed by atoms with van der Waals surface area (Å²) >= 11 is 1.27. The van der Waals surface area contributed by atoms with Crippen molar-refractivity contribution in [1.29, 1.82) is 0 Å². The maximum atomic E-state index is 14.1. The molecule has 9 heteroatoms. The van der Waals surface area contributed by atoms with Gasteiger partial charge in [0.05, 0.1) is 36.3 Å². The Kier molecular flexibility index (Phi) is 4.31. The lowest BCUT2D eigenvalue weighted by Crippen LogP contribution is -2.47. The Labute approximate surface area is 146 Å². The quantitative estimate of drug-likeness (QED) is 0.639. The fraction of sp³-hybridized carbons (Fsp3) is 0.562. The van der Waals surface area contributed by atoms with Crippen LogP contribution in [0.4, 0.5) is 28.9 Å². The summed E-state index contributed by atoms with van der Waals surface area (Å²) < 4.78 is 61.2. The molecular weight excluding hydrogens is 358 g/mol. The van der Waals surface area contributed by atoms with Gasteiger partial charge in [-0.25, -0.2) is 9.38 Å². The van der Waals surface area contributed by atoms with E-state index in [1.54, 1.807) is 4.90 Å². The number of hydrogen-bond acceptors (Lipinski definition) is 5. The smallest absolute Gasteiger partial charge is 0.377 e. The Balaban J connectivity index is 1.72. The second-order valence-corrected chi connectivity index (χ2v) is 7.34. The maximum absolute atomic E-state index is 14.1. The van der Waals surface area contributed by atoms with Crippen molar-refractivity contribution in [1.82, 2.24) is 4.72 Å². The fourth-order valence-corrected chi connectivity index (χ4v) is 4.00. The number of anilines is 1. The highest BCUT2D eigenvalue weighted by Crippen LogP contribution is 2.45. The van der Waals surface area contributed by atoms with Crippen molar-refractivity contribution in [2.45, 2.75) is 36.4 Å². The summed E-state index contributed by atoms with van der Waals surface area (Å²) in [6.45, 7) is 0.558. The number of benzene rings is 1. The molecule has 1 saturated heterocycles. The molecule has 0 spiro atoms. The monoisotopic (exact) mass is 375 g/mol. The number of fused-ring (bicyclic) bond motifs is 1.